The van der Waals surface area contributed by atoms with E-state index in [1.807, 2.05) is 12.6 Å². The molecule has 1 aromatic carbocycles. The molecule has 1 aliphatic rings. The maximum Gasteiger partial charge on any atom is 0.194 e. The van der Waals surface area contributed by atoms with Gasteiger partial charge in [-0.15, -0.1) is 35.3 Å². The van der Waals surface area contributed by atoms with Gasteiger partial charge in [0.05, 0.1) is 17.7 Å². The van der Waals surface area contributed by atoms with E-state index in [1.165, 1.54) is 10.4 Å². The Bertz CT molecular complexity index is 741. The van der Waals surface area contributed by atoms with Crippen LogP contribution in [0.1, 0.15) is 29.1 Å². The topological polar surface area (TPSA) is 43.8 Å². The Morgan fingerprint density at radius 2 is 1.93 bits per heavy atom. The van der Waals surface area contributed by atoms with Crippen LogP contribution in [-0.4, -0.2) is 54.0 Å². The van der Waals surface area contributed by atoms with Crippen LogP contribution in [0.4, 0.5) is 0 Å². The van der Waals surface area contributed by atoms with Crippen molar-refractivity contribution in [2.45, 2.75) is 26.4 Å². The van der Waals surface area contributed by atoms with Crippen molar-refractivity contribution in [1.82, 2.24) is 20.1 Å². The quantitative estimate of drug-likeness (QED) is 0.342. The summed E-state index contributed by atoms with van der Waals surface area (Å²) in [5.74, 6) is 0.980. The number of rotatable bonds is 4. The van der Waals surface area contributed by atoms with Crippen LogP contribution < -0.4 is 5.32 Å². The highest BCUT2D eigenvalue weighted by Crippen LogP contribution is 2.23. The van der Waals surface area contributed by atoms with E-state index in [0.717, 1.165) is 48.8 Å². The van der Waals surface area contributed by atoms with Crippen molar-refractivity contribution in [1.29, 1.82) is 0 Å². The van der Waals surface area contributed by atoms with Gasteiger partial charge in [-0.2, -0.15) is 0 Å². The van der Waals surface area contributed by atoms with Gasteiger partial charge in [-0.25, -0.2) is 4.98 Å². The molecule has 3 rings (SSSR count). The molecule has 1 saturated heterocycles. The highest BCUT2D eigenvalue weighted by Gasteiger charge is 2.23. The number of halogens is 2. The van der Waals surface area contributed by atoms with Crippen LogP contribution in [0.2, 0.25) is 0 Å². The largest absolute Gasteiger partial charge is 0.351 e. The number of piperazine rings is 1. The molecule has 27 heavy (non-hydrogen) atoms. The summed E-state index contributed by atoms with van der Waals surface area (Å²) in [7, 11) is 1.86. The van der Waals surface area contributed by atoms with Gasteiger partial charge in [0.25, 0.3) is 0 Å². The molecule has 1 aromatic heterocycles. The van der Waals surface area contributed by atoms with E-state index in [2.05, 4.69) is 79.1 Å². The van der Waals surface area contributed by atoms with Crippen molar-refractivity contribution in [3.05, 3.63) is 50.4 Å². The summed E-state index contributed by atoms with van der Waals surface area (Å²) >= 11 is 5.20. The first-order valence-corrected chi connectivity index (χ1v) is 10.6. The number of aromatic nitrogens is 1. The van der Waals surface area contributed by atoms with Crippen molar-refractivity contribution in [2.75, 3.05) is 33.2 Å². The molecule has 8 heteroatoms. The van der Waals surface area contributed by atoms with Crippen molar-refractivity contribution in [3.8, 4) is 0 Å². The third-order valence-corrected chi connectivity index (χ3v) is 6.44. The molecule has 5 nitrogen and oxygen atoms in total. The van der Waals surface area contributed by atoms with E-state index in [-0.39, 0.29) is 24.0 Å². The van der Waals surface area contributed by atoms with Crippen molar-refractivity contribution >= 4 is 57.2 Å². The van der Waals surface area contributed by atoms with Gasteiger partial charge >= 0.3 is 0 Å². The molecule has 1 unspecified atom stereocenters. The van der Waals surface area contributed by atoms with Crippen LogP contribution in [0, 0.1) is 6.92 Å². The van der Waals surface area contributed by atoms with E-state index in [0.29, 0.717) is 6.04 Å². The van der Waals surface area contributed by atoms with Gasteiger partial charge in [0, 0.05) is 48.6 Å². The second-order valence-electron chi connectivity index (χ2n) is 6.51. The Kier molecular flexibility index (Phi) is 8.97. The van der Waals surface area contributed by atoms with Gasteiger partial charge in [-0.3, -0.25) is 9.89 Å². The van der Waals surface area contributed by atoms with Crippen molar-refractivity contribution in [3.63, 3.8) is 0 Å². The van der Waals surface area contributed by atoms with E-state index >= 15 is 0 Å². The third kappa shape index (κ3) is 5.88. The zero-order valence-electron chi connectivity index (χ0n) is 16.0. The number of nitrogens with zero attached hydrogens (tertiary/aromatic N) is 4. The molecule has 0 amide bonds. The predicted octanol–water partition coefficient (Wildman–Crippen LogP) is 4.29. The van der Waals surface area contributed by atoms with Crippen LogP contribution in [0.15, 0.2) is 39.2 Å². The van der Waals surface area contributed by atoms with E-state index < -0.39 is 0 Å². The van der Waals surface area contributed by atoms with Crippen molar-refractivity contribution < 1.29 is 0 Å². The van der Waals surface area contributed by atoms with Gasteiger partial charge < -0.3 is 10.2 Å². The molecule has 0 saturated carbocycles. The predicted molar refractivity (Wildman–Crippen MR) is 128 cm³/mol. The molecule has 1 atom stereocenters. The molecule has 0 bridgehead atoms. The lowest BCUT2D eigenvalue weighted by atomic mass is 10.1. The maximum absolute atomic E-state index is 4.47. The number of aliphatic imine (C=N–C) groups is 1. The minimum Gasteiger partial charge on any atom is -0.351 e. The SMILES string of the molecule is CN=C(NCc1scnc1C)N1CCN(C(C)c2ccc(Br)cc2)CC1.I. The molecular weight excluding hydrogens is 537 g/mol. The summed E-state index contributed by atoms with van der Waals surface area (Å²) in [5.41, 5.74) is 4.37. The molecule has 2 aromatic rings. The first-order chi connectivity index (χ1) is 12.6. The number of hydrogen-bond donors (Lipinski definition) is 1. The summed E-state index contributed by atoms with van der Waals surface area (Å²) in [5, 5.41) is 3.49. The zero-order valence-corrected chi connectivity index (χ0v) is 20.7. The van der Waals surface area contributed by atoms with Crippen LogP contribution in [-0.2, 0) is 6.54 Å². The molecule has 1 fully saturated rings. The van der Waals surface area contributed by atoms with Crippen LogP contribution in [0.25, 0.3) is 0 Å². The monoisotopic (exact) mass is 563 g/mol. The van der Waals surface area contributed by atoms with E-state index in [4.69, 9.17) is 0 Å². The van der Waals surface area contributed by atoms with Gasteiger partial charge in [0.15, 0.2) is 5.96 Å². The lowest BCUT2D eigenvalue weighted by molar-refractivity contribution is 0.138. The molecule has 0 radical (unpaired) electrons. The van der Waals surface area contributed by atoms with Gasteiger partial charge in [0.2, 0.25) is 0 Å². The number of benzene rings is 1. The number of hydrogen-bond acceptors (Lipinski definition) is 4. The fraction of sp³-hybridized carbons (Fsp3) is 0.474. The second kappa shape index (κ2) is 10.7. The molecule has 0 aliphatic carbocycles. The summed E-state index contributed by atoms with van der Waals surface area (Å²) in [6.07, 6.45) is 0. The second-order valence-corrected chi connectivity index (χ2v) is 8.37. The molecule has 2 heterocycles. The lowest BCUT2D eigenvalue weighted by Gasteiger charge is -2.39. The number of nitrogens with one attached hydrogen (secondary N) is 1. The molecule has 148 valence electrons. The Morgan fingerprint density at radius 1 is 1.26 bits per heavy atom. The van der Waals surface area contributed by atoms with Crippen LogP contribution >= 0.6 is 51.2 Å². The number of aryl methyl sites for hydroxylation is 1. The molecule has 1 N–H and O–H groups in total. The first kappa shape index (κ1) is 22.6. The van der Waals surface area contributed by atoms with Gasteiger partial charge in [-0.1, -0.05) is 28.1 Å². The standard InChI is InChI=1S/C19H26BrN5S.HI/c1-14-18(26-13-23-14)12-22-19(21-3)25-10-8-24(9-11-25)15(2)16-4-6-17(20)7-5-16;/h4-7,13,15H,8-12H2,1-3H3,(H,21,22);1H. The number of guanidine groups is 1. The summed E-state index contributed by atoms with van der Waals surface area (Å²) in [6, 6.07) is 9.09. The van der Waals surface area contributed by atoms with Crippen LogP contribution in [0.3, 0.4) is 0 Å². The fourth-order valence-corrected chi connectivity index (χ4v) is 4.24. The molecule has 0 spiro atoms. The first-order valence-electron chi connectivity index (χ1n) is 8.92. The van der Waals surface area contributed by atoms with Crippen LogP contribution in [0.5, 0.6) is 0 Å². The average molecular weight is 564 g/mol. The number of thiazole rings is 1. The Hall–Kier alpha value is -0.710. The Labute approximate surface area is 191 Å². The summed E-state index contributed by atoms with van der Waals surface area (Å²) in [6.45, 7) is 9.19. The van der Waals surface area contributed by atoms with Crippen molar-refractivity contribution in [2.24, 2.45) is 4.99 Å². The normalized spacial score (nSPS) is 16.7. The van der Waals surface area contributed by atoms with Gasteiger partial charge in [0.1, 0.15) is 0 Å². The minimum absolute atomic E-state index is 0. The highest BCUT2D eigenvalue weighted by molar-refractivity contribution is 14.0. The Morgan fingerprint density at radius 3 is 2.48 bits per heavy atom. The molecule has 1 aliphatic heterocycles. The smallest absolute Gasteiger partial charge is 0.194 e. The maximum atomic E-state index is 4.47. The Balaban J connectivity index is 0.00000261. The third-order valence-electron chi connectivity index (χ3n) is 4.98. The lowest BCUT2D eigenvalue weighted by Crippen LogP contribution is -2.52. The minimum atomic E-state index is 0. The fourth-order valence-electron chi connectivity index (χ4n) is 3.26. The average Bonchev–Trinajstić information content (AvgIpc) is 3.08. The molecular formula is C19H27BrIN5S. The van der Waals surface area contributed by atoms with E-state index in [1.54, 1.807) is 11.3 Å². The zero-order chi connectivity index (χ0) is 18.5. The highest BCUT2D eigenvalue weighted by atomic mass is 127. The summed E-state index contributed by atoms with van der Waals surface area (Å²) in [4.78, 5) is 14.9. The van der Waals surface area contributed by atoms with Gasteiger partial charge in [-0.05, 0) is 31.5 Å². The summed E-state index contributed by atoms with van der Waals surface area (Å²) < 4.78 is 1.13. The van der Waals surface area contributed by atoms with E-state index in [9.17, 15) is 0 Å².